The summed E-state index contributed by atoms with van der Waals surface area (Å²) in [5, 5.41) is 122. The second kappa shape index (κ2) is 15.8. The summed E-state index contributed by atoms with van der Waals surface area (Å²) in [5.74, 6) is -7.85. The van der Waals surface area contributed by atoms with Crippen LogP contribution in [0.15, 0.2) is 51.7 Å². The van der Waals surface area contributed by atoms with Crippen LogP contribution in [0.25, 0.3) is 22.3 Å². The highest BCUT2D eigenvalue weighted by Gasteiger charge is 2.51. The summed E-state index contributed by atoms with van der Waals surface area (Å²) >= 11 is 0. The monoisotopic (exact) mass is 798 g/mol. The Hall–Kier alpha value is -5.02. The number of carboxylic acids is 3. The quantitative estimate of drug-likeness (QED) is 0.0916. The van der Waals surface area contributed by atoms with Gasteiger partial charge in [0.15, 0.2) is 35.6 Å². The molecule has 3 fully saturated rings. The van der Waals surface area contributed by atoms with E-state index >= 15 is 0 Å². The lowest BCUT2D eigenvalue weighted by Gasteiger charge is -2.40. The molecule has 23 nitrogen and oxygen atoms in total. The van der Waals surface area contributed by atoms with Gasteiger partial charge in [-0.2, -0.15) is 0 Å². The van der Waals surface area contributed by atoms with Crippen molar-refractivity contribution in [2.75, 3.05) is 0 Å². The van der Waals surface area contributed by atoms with Gasteiger partial charge in [-0.25, -0.2) is 14.4 Å². The topological polar surface area (TPSA) is 380 Å². The smallest absolute Gasteiger partial charge is 0.335 e. The standard InChI is InChI=1S/C33H34O23/c34-13-9-3-1-2-4-10(9)50-23(24(13)53-33-22(43)16(37)19(40)27(56-33)30(48)49)8-5-6-11(51-31-20(41)14(35)17(38)25(54-31)28(44)45)12(7-8)52-32-21(42)15(36)18(39)26(55-32)29(46)47/h1-7,14-22,25-27,31-33,35-43H,(H,44,45)(H,46,47)(H,48,49)/t14-,15-,16-,17-,18-,19-,20+,21+,22+,25-,26-,27-,31+,32+,33+/m1/s1. The highest BCUT2D eigenvalue weighted by atomic mass is 16.7. The minimum Gasteiger partial charge on any atom is -0.479 e. The summed E-state index contributed by atoms with van der Waals surface area (Å²) in [4.78, 5) is 49.1. The van der Waals surface area contributed by atoms with Gasteiger partial charge in [0, 0.05) is 5.56 Å². The maximum atomic E-state index is 13.9. The van der Waals surface area contributed by atoms with E-state index in [4.69, 9.17) is 32.8 Å². The van der Waals surface area contributed by atoms with Crippen molar-refractivity contribution >= 4 is 28.9 Å². The van der Waals surface area contributed by atoms with Gasteiger partial charge in [0.1, 0.15) is 60.5 Å². The number of aliphatic hydroxyl groups is 9. The van der Waals surface area contributed by atoms with Crippen LogP contribution in [0.1, 0.15) is 0 Å². The van der Waals surface area contributed by atoms with E-state index in [0.717, 1.165) is 18.2 Å². The van der Waals surface area contributed by atoms with Crippen molar-refractivity contribution in [3.8, 4) is 28.6 Å². The SMILES string of the molecule is O=C(O)[C@@H]1O[C@H](Oc2ccc(-c3oc4ccccc4c(=O)c3O[C@H]3O[C@@H](C(=O)O)[C@H](O)[C@@H](O)[C@@H]3O)cc2O[C@H]2O[C@@H](C(=O)O)[C@H](O)[C@@H](O)[C@@H]2O)[C@@H](O)[C@H](O)[C@H]1O. The van der Waals surface area contributed by atoms with Gasteiger partial charge in [0.25, 0.3) is 0 Å². The van der Waals surface area contributed by atoms with Crippen molar-refractivity contribution in [2.45, 2.75) is 92.1 Å². The zero-order chi connectivity index (χ0) is 40.9. The summed E-state index contributed by atoms with van der Waals surface area (Å²) < 4.78 is 38.5. The van der Waals surface area contributed by atoms with Gasteiger partial charge >= 0.3 is 17.9 Å². The number of hydrogen-bond acceptors (Lipinski definition) is 20. The van der Waals surface area contributed by atoms with Crippen LogP contribution in [-0.2, 0) is 28.6 Å². The normalized spacial score (nSPS) is 36.1. The Bertz CT molecular complexity index is 2020. The number of ether oxygens (including phenoxy) is 6. The summed E-state index contributed by atoms with van der Waals surface area (Å²) in [7, 11) is 0. The molecule has 23 heteroatoms. The third-order valence-electron chi connectivity index (χ3n) is 9.12. The largest absolute Gasteiger partial charge is 0.479 e. The number of rotatable bonds is 10. The molecule has 304 valence electrons. The molecule has 0 bridgehead atoms. The zero-order valence-corrected chi connectivity index (χ0v) is 28.1. The Balaban J connectivity index is 1.47. The first-order valence-electron chi connectivity index (χ1n) is 16.4. The highest BCUT2D eigenvalue weighted by molar-refractivity contribution is 5.82. The van der Waals surface area contributed by atoms with Crippen LogP contribution >= 0.6 is 0 Å². The van der Waals surface area contributed by atoms with Crippen LogP contribution in [0.5, 0.6) is 17.2 Å². The molecule has 2 aromatic carbocycles. The van der Waals surface area contributed by atoms with Crippen LogP contribution in [0.4, 0.5) is 0 Å². The third-order valence-corrected chi connectivity index (χ3v) is 9.12. The van der Waals surface area contributed by atoms with Crippen LogP contribution < -0.4 is 19.6 Å². The van der Waals surface area contributed by atoms with Gasteiger partial charge in [-0.1, -0.05) is 12.1 Å². The van der Waals surface area contributed by atoms with Crippen molar-refractivity contribution in [2.24, 2.45) is 0 Å². The van der Waals surface area contributed by atoms with E-state index < -0.39 is 138 Å². The molecule has 3 aliphatic heterocycles. The van der Waals surface area contributed by atoms with E-state index in [9.17, 15) is 80.5 Å². The Labute approximate surface area is 310 Å². The third kappa shape index (κ3) is 7.46. The van der Waals surface area contributed by atoms with Crippen LogP contribution in [0, 0.1) is 0 Å². The van der Waals surface area contributed by atoms with Gasteiger partial charge in [-0.3, -0.25) is 4.79 Å². The Morgan fingerprint density at radius 1 is 0.518 bits per heavy atom. The lowest BCUT2D eigenvalue weighted by atomic mass is 9.99. The van der Waals surface area contributed by atoms with Gasteiger partial charge in [-0.15, -0.1) is 0 Å². The zero-order valence-electron chi connectivity index (χ0n) is 28.1. The maximum Gasteiger partial charge on any atom is 0.335 e. The molecule has 1 aromatic heterocycles. The first-order valence-corrected chi connectivity index (χ1v) is 16.4. The van der Waals surface area contributed by atoms with Gasteiger partial charge < -0.3 is 94.1 Å². The molecule has 0 amide bonds. The van der Waals surface area contributed by atoms with Crippen molar-refractivity contribution in [1.29, 1.82) is 0 Å². The molecule has 0 spiro atoms. The molecule has 0 aliphatic carbocycles. The Kier molecular flexibility index (Phi) is 11.5. The van der Waals surface area contributed by atoms with Crippen molar-refractivity contribution in [1.82, 2.24) is 0 Å². The first-order chi connectivity index (χ1) is 26.4. The average Bonchev–Trinajstić information content (AvgIpc) is 3.16. The number of aliphatic carboxylic acids is 3. The van der Waals surface area contributed by atoms with E-state index in [1.54, 1.807) is 0 Å². The molecular weight excluding hydrogens is 764 g/mol. The molecule has 15 atom stereocenters. The number of carboxylic acid groups (broad SMARTS) is 3. The molecule has 3 saturated heterocycles. The predicted molar refractivity (Wildman–Crippen MR) is 173 cm³/mol. The van der Waals surface area contributed by atoms with E-state index in [1.165, 1.54) is 24.3 Å². The predicted octanol–water partition coefficient (Wildman–Crippen LogP) is -4.73. The summed E-state index contributed by atoms with van der Waals surface area (Å²) in [6.45, 7) is 0. The van der Waals surface area contributed by atoms with Gasteiger partial charge in [0.2, 0.25) is 30.0 Å². The molecule has 4 heterocycles. The fourth-order valence-corrected chi connectivity index (χ4v) is 6.08. The Morgan fingerprint density at radius 2 is 0.946 bits per heavy atom. The summed E-state index contributed by atoms with van der Waals surface area (Å²) in [5.41, 5.74) is -1.27. The molecule has 0 unspecified atom stereocenters. The van der Waals surface area contributed by atoms with Crippen molar-refractivity contribution in [3.63, 3.8) is 0 Å². The number of hydrogen-bond donors (Lipinski definition) is 12. The molecule has 56 heavy (non-hydrogen) atoms. The summed E-state index contributed by atoms with van der Waals surface area (Å²) in [6, 6.07) is 8.66. The molecule has 12 N–H and O–H groups in total. The van der Waals surface area contributed by atoms with Crippen LogP contribution in [-0.4, -0.2) is 171 Å². The highest BCUT2D eigenvalue weighted by Crippen LogP contribution is 2.41. The number of para-hydroxylation sites is 1. The summed E-state index contributed by atoms with van der Waals surface area (Å²) in [6.07, 6.45) is -32.1. The first kappa shape index (κ1) is 40.6. The minimum absolute atomic E-state index is 0.0787. The van der Waals surface area contributed by atoms with E-state index in [0.29, 0.717) is 0 Å². The van der Waals surface area contributed by atoms with Gasteiger partial charge in [-0.05, 0) is 30.3 Å². The molecule has 3 aliphatic rings. The minimum atomic E-state index is -2.18. The average molecular weight is 799 g/mol. The molecule has 3 aromatic rings. The second-order valence-corrected chi connectivity index (χ2v) is 12.8. The fourth-order valence-electron chi connectivity index (χ4n) is 6.08. The molecule has 0 radical (unpaired) electrons. The molecular formula is C33H34O23. The van der Waals surface area contributed by atoms with Crippen molar-refractivity contribution in [3.05, 3.63) is 52.7 Å². The number of benzene rings is 2. The Morgan fingerprint density at radius 3 is 1.41 bits per heavy atom. The second-order valence-electron chi connectivity index (χ2n) is 12.8. The fraction of sp³-hybridized carbons (Fsp3) is 0.455. The number of aliphatic hydroxyl groups excluding tert-OH is 9. The van der Waals surface area contributed by atoms with Gasteiger partial charge in [0.05, 0.1) is 5.39 Å². The van der Waals surface area contributed by atoms with E-state index in [2.05, 4.69) is 0 Å². The van der Waals surface area contributed by atoms with Crippen LogP contribution in [0.3, 0.4) is 0 Å². The van der Waals surface area contributed by atoms with Crippen molar-refractivity contribution < 1.29 is 109 Å². The molecule has 0 saturated carbocycles. The maximum absolute atomic E-state index is 13.9. The lowest BCUT2D eigenvalue weighted by molar-refractivity contribution is -0.276. The van der Waals surface area contributed by atoms with E-state index in [-0.39, 0.29) is 16.5 Å². The number of fused-ring (bicyclic) bond motifs is 1. The van der Waals surface area contributed by atoms with E-state index in [1.807, 2.05) is 0 Å². The number of carbonyl (C=O) groups is 3. The van der Waals surface area contributed by atoms with Crippen LogP contribution in [0.2, 0.25) is 0 Å². The molecule has 6 rings (SSSR count). The lowest BCUT2D eigenvalue weighted by Crippen LogP contribution is -2.61.